The molecule has 0 spiro atoms. The van der Waals surface area contributed by atoms with Crippen molar-refractivity contribution in [3.63, 3.8) is 0 Å². The molecule has 3 rings (SSSR count). The smallest absolute Gasteiger partial charge is 0.254 e. The molecule has 30 heavy (non-hydrogen) atoms. The summed E-state index contributed by atoms with van der Waals surface area (Å²) in [5.41, 5.74) is 1.99. The number of carbonyl (C=O) groups is 1. The summed E-state index contributed by atoms with van der Waals surface area (Å²) in [5.74, 6) is 1.93. The van der Waals surface area contributed by atoms with Crippen molar-refractivity contribution in [2.75, 3.05) is 39.5 Å². The van der Waals surface area contributed by atoms with Gasteiger partial charge in [-0.1, -0.05) is 6.92 Å². The minimum absolute atomic E-state index is 0.178. The van der Waals surface area contributed by atoms with Crippen molar-refractivity contribution in [3.8, 4) is 5.75 Å². The third kappa shape index (κ3) is 6.45. The molecule has 0 aliphatic carbocycles. The lowest BCUT2D eigenvalue weighted by molar-refractivity contribution is 0.0623. The maximum atomic E-state index is 13.1. The zero-order chi connectivity index (χ0) is 21.2. The lowest BCUT2D eigenvalue weighted by Gasteiger charge is -2.35. The molecule has 0 saturated carbocycles. The average Bonchev–Trinajstić information content (AvgIpc) is 2.78. The summed E-state index contributed by atoms with van der Waals surface area (Å²) in [6.07, 6.45) is 8.86. The zero-order valence-electron chi connectivity index (χ0n) is 19.0. The number of hydrogen-bond donors (Lipinski definition) is 1. The van der Waals surface area contributed by atoms with Crippen LogP contribution < -0.4 is 10.1 Å². The molecule has 5 heteroatoms. The first-order valence-electron chi connectivity index (χ1n) is 12.1. The Kier molecular flexibility index (Phi) is 9.47. The van der Waals surface area contributed by atoms with Gasteiger partial charge in [0, 0.05) is 31.4 Å². The van der Waals surface area contributed by atoms with Crippen molar-refractivity contribution in [1.29, 1.82) is 0 Å². The summed E-state index contributed by atoms with van der Waals surface area (Å²) < 4.78 is 11.5. The molecule has 1 atom stereocenters. The summed E-state index contributed by atoms with van der Waals surface area (Å²) in [4.78, 5) is 15.2. The molecule has 0 bridgehead atoms. The second-order valence-corrected chi connectivity index (χ2v) is 8.65. The zero-order valence-corrected chi connectivity index (χ0v) is 19.0. The van der Waals surface area contributed by atoms with Crippen molar-refractivity contribution in [2.45, 2.75) is 71.3 Å². The largest absolute Gasteiger partial charge is 0.494 e. The summed E-state index contributed by atoms with van der Waals surface area (Å²) in [6.45, 7) is 9.63. The van der Waals surface area contributed by atoms with E-state index in [9.17, 15) is 4.79 Å². The first-order chi connectivity index (χ1) is 14.7. The van der Waals surface area contributed by atoms with Gasteiger partial charge < -0.3 is 19.7 Å². The third-order valence-corrected chi connectivity index (χ3v) is 6.62. The van der Waals surface area contributed by atoms with Gasteiger partial charge in [0.25, 0.3) is 5.91 Å². The number of rotatable bonds is 12. The van der Waals surface area contributed by atoms with Crippen molar-refractivity contribution >= 4 is 5.91 Å². The Hall–Kier alpha value is -1.59. The van der Waals surface area contributed by atoms with Crippen LogP contribution in [0.15, 0.2) is 18.2 Å². The molecule has 1 fully saturated rings. The molecule has 1 unspecified atom stereocenters. The molecule has 2 heterocycles. The van der Waals surface area contributed by atoms with Crippen LogP contribution in [0.4, 0.5) is 0 Å². The lowest BCUT2D eigenvalue weighted by atomic mass is 9.93. The normalized spacial score (nSPS) is 18.3. The molecule has 1 N–H and O–H groups in total. The van der Waals surface area contributed by atoms with E-state index in [1.54, 1.807) is 0 Å². The Morgan fingerprint density at radius 3 is 2.77 bits per heavy atom. The van der Waals surface area contributed by atoms with E-state index in [-0.39, 0.29) is 5.91 Å². The molecule has 168 valence electrons. The van der Waals surface area contributed by atoms with Crippen LogP contribution in [-0.2, 0) is 11.2 Å². The van der Waals surface area contributed by atoms with E-state index in [4.69, 9.17) is 9.47 Å². The molecule has 0 aromatic heterocycles. The van der Waals surface area contributed by atoms with Gasteiger partial charge >= 0.3 is 0 Å². The fraction of sp³-hybridized carbons (Fsp3) is 0.720. The van der Waals surface area contributed by atoms with Crippen LogP contribution >= 0.6 is 0 Å². The van der Waals surface area contributed by atoms with Gasteiger partial charge in [0.05, 0.1) is 6.61 Å². The number of benzene rings is 1. The van der Waals surface area contributed by atoms with E-state index in [0.717, 1.165) is 94.4 Å². The summed E-state index contributed by atoms with van der Waals surface area (Å²) in [5, 5.41) is 3.42. The lowest BCUT2D eigenvalue weighted by Crippen LogP contribution is -2.44. The van der Waals surface area contributed by atoms with Crippen LogP contribution in [0.2, 0.25) is 0 Å². The average molecular weight is 417 g/mol. The number of carbonyl (C=O) groups excluding carboxylic acids is 1. The second-order valence-electron chi connectivity index (χ2n) is 8.65. The number of nitrogens with zero attached hydrogens (tertiary/aromatic N) is 1. The van der Waals surface area contributed by atoms with Gasteiger partial charge in [-0.15, -0.1) is 0 Å². The van der Waals surface area contributed by atoms with Gasteiger partial charge in [-0.2, -0.15) is 0 Å². The van der Waals surface area contributed by atoms with Crippen molar-refractivity contribution in [3.05, 3.63) is 29.3 Å². The highest BCUT2D eigenvalue weighted by Gasteiger charge is 2.29. The van der Waals surface area contributed by atoms with E-state index in [1.807, 2.05) is 19.1 Å². The summed E-state index contributed by atoms with van der Waals surface area (Å²) >= 11 is 0. The molecule has 2 aliphatic rings. The van der Waals surface area contributed by atoms with Gasteiger partial charge in [-0.25, -0.2) is 0 Å². The van der Waals surface area contributed by atoms with E-state index < -0.39 is 0 Å². The second kappa shape index (κ2) is 12.3. The van der Waals surface area contributed by atoms with Crippen LogP contribution in [0.3, 0.4) is 0 Å². The maximum Gasteiger partial charge on any atom is 0.254 e. The fourth-order valence-corrected chi connectivity index (χ4v) is 4.80. The highest BCUT2D eigenvalue weighted by atomic mass is 16.5. The third-order valence-electron chi connectivity index (χ3n) is 6.62. The van der Waals surface area contributed by atoms with Gasteiger partial charge in [0.1, 0.15) is 5.75 Å². The predicted molar refractivity (Wildman–Crippen MR) is 121 cm³/mol. The van der Waals surface area contributed by atoms with Crippen LogP contribution in [-0.4, -0.2) is 56.3 Å². The highest BCUT2D eigenvalue weighted by molar-refractivity contribution is 5.97. The van der Waals surface area contributed by atoms with Gasteiger partial charge in [0.15, 0.2) is 0 Å². The Bertz CT molecular complexity index is 658. The van der Waals surface area contributed by atoms with Gasteiger partial charge in [0.2, 0.25) is 0 Å². The Morgan fingerprint density at radius 2 is 2.00 bits per heavy atom. The first kappa shape index (κ1) is 23.1. The molecular formula is C25H40N2O3. The van der Waals surface area contributed by atoms with Gasteiger partial charge in [-0.3, -0.25) is 4.79 Å². The highest BCUT2D eigenvalue weighted by Crippen LogP contribution is 2.27. The fourth-order valence-electron chi connectivity index (χ4n) is 4.80. The molecule has 0 radical (unpaired) electrons. The van der Waals surface area contributed by atoms with Gasteiger partial charge in [-0.05, 0) is 101 Å². The Morgan fingerprint density at radius 1 is 1.17 bits per heavy atom. The van der Waals surface area contributed by atoms with Crippen molar-refractivity contribution in [2.24, 2.45) is 5.92 Å². The van der Waals surface area contributed by atoms with Crippen LogP contribution in [0.1, 0.15) is 74.7 Å². The number of fused-ring (bicyclic) bond motifs is 1. The quantitative estimate of drug-likeness (QED) is 0.512. The SMILES string of the molecule is CCOCCCC(CC)N1CCc2cc(OCCCC3CCNCC3)ccc2C1=O. The number of nitrogens with one attached hydrogen (secondary N) is 1. The standard InChI is InChI=1S/C25H40N2O3/c1-3-22(8-6-17-29-4-2)27-16-13-21-19-23(9-10-24(21)25(27)28)30-18-5-7-20-11-14-26-15-12-20/h9-10,19-20,22,26H,3-8,11-18H2,1-2H3. The molecule has 1 aromatic rings. The summed E-state index contributed by atoms with van der Waals surface area (Å²) in [6, 6.07) is 6.34. The number of ether oxygens (including phenoxy) is 2. The van der Waals surface area contributed by atoms with Crippen LogP contribution in [0, 0.1) is 5.92 Å². The minimum Gasteiger partial charge on any atom is -0.494 e. The summed E-state index contributed by atoms with van der Waals surface area (Å²) in [7, 11) is 0. The first-order valence-corrected chi connectivity index (χ1v) is 12.1. The molecule has 1 amide bonds. The van der Waals surface area contributed by atoms with Crippen LogP contribution in [0.25, 0.3) is 0 Å². The van der Waals surface area contributed by atoms with E-state index in [1.165, 1.54) is 19.3 Å². The molecule has 1 saturated heterocycles. The van der Waals surface area contributed by atoms with Crippen LogP contribution in [0.5, 0.6) is 5.75 Å². The Balaban J connectivity index is 1.48. The van der Waals surface area contributed by atoms with E-state index in [2.05, 4.69) is 23.2 Å². The molecule has 5 nitrogen and oxygen atoms in total. The molecule has 2 aliphatic heterocycles. The minimum atomic E-state index is 0.178. The Labute approximate surface area is 182 Å². The number of hydrogen-bond acceptors (Lipinski definition) is 4. The number of piperidine rings is 1. The van der Waals surface area contributed by atoms with Crippen molar-refractivity contribution < 1.29 is 14.3 Å². The molecule has 1 aromatic carbocycles. The van der Waals surface area contributed by atoms with E-state index in [0.29, 0.717) is 6.04 Å². The van der Waals surface area contributed by atoms with E-state index >= 15 is 0 Å². The van der Waals surface area contributed by atoms with Crippen molar-refractivity contribution in [1.82, 2.24) is 10.2 Å². The predicted octanol–water partition coefficient (Wildman–Crippen LogP) is 4.44. The number of amides is 1. The topological polar surface area (TPSA) is 50.8 Å². The maximum absolute atomic E-state index is 13.1. The monoisotopic (exact) mass is 416 g/mol. The molecular weight excluding hydrogens is 376 g/mol.